The molecule has 2 rings (SSSR count). The Balaban J connectivity index is 2.64. The predicted molar refractivity (Wildman–Crippen MR) is 56.1 cm³/mol. The van der Waals surface area contributed by atoms with Crippen LogP contribution in [0, 0.1) is 12.7 Å². The molecule has 0 spiro atoms. The quantitative estimate of drug-likeness (QED) is 0.813. The Bertz CT molecular complexity index is 510. The number of rotatable bonds is 1. The number of anilines is 1. The second kappa shape index (κ2) is 3.55. The van der Waals surface area contributed by atoms with E-state index in [0.717, 1.165) is 0 Å². The number of nitrogen functional groups attached to an aromatic ring is 1. The molecular formula is C10H8ClFN2O. The lowest BCUT2D eigenvalue weighted by atomic mass is 10.1. The van der Waals surface area contributed by atoms with Gasteiger partial charge < -0.3 is 10.3 Å². The lowest BCUT2D eigenvalue weighted by molar-refractivity contribution is 0.436. The van der Waals surface area contributed by atoms with Crippen LogP contribution in [-0.2, 0) is 0 Å². The maximum absolute atomic E-state index is 13.6. The normalized spacial score (nSPS) is 10.6. The summed E-state index contributed by atoms with van der Waals surface area (Å²) in [6.45, 7) is 1.73. The molecule has 3 nitrogen and oxygen atoms in total. The van der Waals surface area contributed by atoms with E-state index in [1.54, 1.807) is 6.92 Å². The number of nitrogens with two attached hydrogens (primary N) is 1. The third-order valence-corrected chi connectivity index (χ3v) is 2.54. The molecule has 5 heteroatoms. The van der Waals surface area contributed by atoms with Gasteiger partial charge in [0.2, 0.25) is 5.88 Å². The molecule has 0 aliphatic heterocycles. The van der Waals surface area contributed by atoms with Crippen molar-refractivity contribution in [1.29, 1.82) is 0 Å². The first-order valence-corrected chi connectivity index (χ1v) is 4.63. The smallest absolute Gasteiger partial charge is 0.230 e. The van der Waals surface area contributed by atoms with Gasteiger partial charge >= 0.3 is 0 Å². The van der Waals surface area contributed by atoms with E-state index in [4.69, 9.17) is 17.3 Å². The molecule has 0 saturated heterocycles. The SMILES string of the molecule is Cc1cc(F)c(-c2cnoc2N)cc1Cl. The fourth-order valence-corrected chi connectivity index (χ4v) is 1.47. The van der Waals surface area contributed by atoms with Crippen LogP contribution < -0.4 is 5.73 Å². The molecule has 0 aliphatic rings. The third kappa shape index (κ3) is 1.68. The van der Waals surface area contributed by atoms with E-state index >= 15 is 0 Å². The topological polar surface area (TPSA) is 52.0 Å². The third-order valence-electron chi connectivity index (χ3n) is 2.14. The molecule has 1 aromatic carbocycles. The Morgan fingerprint density at radius 3 is 2.73 bits per heavy atom. The second-order valence-corrected chi connectivity index (χ2v) is 3.59. The first kappa shape index (κ1) is 9.98. The van der Waals surface area contributed by atoms with E-state index in [1.807, 2.05) is 0 Å². The van der Waals surface area contributed by atoms with Gasteiger partial charge in [-0.25, -0.2) is 4.39 Å². The highest BCUT2D eigenvalue weighted by Gasteiger charge is 2.13. The van der Waals surface area contributed by atoms with Crippen molar-refractivity contribution in [1.82, 2.24) is 5.16 Å². The minimum Gasteiger partial charge on any atom is -0.367 e. The molecule has 78 valence electrons. The average molecular weight is 227 g/mol. The molecule has 1 aromatic heterocycles. The highest BCUT2D eigenvalue weighted by Crippen LogP contribution is 2.31. The van der Waals surface area contributed by atoms with Crippen LogP contribution in [0.1, 0.15) is 5.56 Å². The summed E-state index contributed by atoms with van der Waals surface area (Å²) in [4.78, 5) is 0. The summed E-state index contributed by atoms with van der Waals surface area (Å²) in [5.41, 5.74) is 6.87. The van der Waals surface area contributed by atoms with Gasteiger partial charge in [0.1, 0.15) is 5.82 Å². The number of aryl methyl sites for hydroxylation is 1. The zero-order chi connectivity index (χ0) is 11.0. The highest BCUT2D eigenvalue weighted by molar-refractivity contribution is 6.31. The summed E-state index contributed by atoms with van der Waals surface area (Å²) in [6.07, 6.45) is 1.36. The Morgan fingerprint density at radius 1 is 1.40 bits per heavy atom. The van der Waals surface area contributed by atoms with Crippen LogP contribution in [0.2, 0.25) is 5.02 Å². The first-order chi connectivity index (χ1) is 7.09. The van der Waals surface area contributed by atoms with Gasteiger partial charge in [0.25, 0.3) is 0 Å². The molecule has 0 saturated carbocycles. The molecule has 0 unspecified atom stereocenters. The van der Waals surface area contributed by atoms with Gasteiger partial charge in [-0.05, 0) is 24.6 Å². The van der Waals surface area contributed by atoms with Gasteiger partial charge in [-0.15, -0.1) is 0 Å². The fourth-order valence-electron chi connectivity index (χ4n) is 1.30. The van der Waals surface area contributed by atoms with Crippen LogP contribution in [0.15, 0.2) is 22.9 Å². The molecule has 1 heterocycles. The van der Waals surface area contributed by atoms with Gasteiger partial charge in [-0.1, -0.05) is 16.8 Å². The van der Waals surface area contributed by atoms with Crippen LogP contribution in [-0.4, -0.2) is 5.16 Å². The molecule has 0 atom stereocenters. The van der Waals surface area contributed by atoms with E-state index < -0.39 is 5.82 Å². The number of nitrogens with zero attached hydrogens (tertiary/aromatic N) is 1. The van der Waals surface area contributed by atoms with Gasteiger partial charge in [0.05, 0.1) is 11.8 Å². The molecule has 0 amide bonds. The highest BCUT2D eigenvalue weighted by atomic mass is 35.5. The molecule has 0 fully saturated rings. The van der Waals surface area contributed by atoms with Crippen molar-refractivity contribution in [2.24, 2.45) is 0 Å². The van der Waals surface area contributed by atoms with Crippen LogP contribution in [0.4, 0.5) is 10.3 Å². The fraction of sp³-hybridized carbons (Fsp3) is 0.100. The van der Waals surface area contributed by atoms with Crippen LogP contribution in [0.5, 0.6) is 0 Å². The van der Waals surface area contributed by atoms with Gasteiger partial charge in [-0.2, -0.15) is 0 Å². The first-order valence-electron chi connectivity index (χ1n) is 4.25. The second-order valence-electron chi connectivity index (χ2n) is 3.18. The minimum absolute atomic E-state index is 0.0776. The van der Waals surface area contributed by atoms with Crippen LogP contribution in [0.3, 0.4) is 0 Å². The molecule has 0 radical (unpaired) electrons. The van der Waals surface area contributed by atoms with Gasteiger partial charge in [0.15, 0.2) is 0 Å². The lowest BCUT2D eigenvalue weighted by Gasteiger charge is -2.04. The summed E-state index contributed by atoms with van der Waals surface area (Å²) < 4.78 is 18.3. The van der Waals surface area contributed by atoms with Gasteiger partial charge in [-0.3, -0.25) is 0 Å². The van der Waals surface area contributed by atoms with Crippen LogP contribution >= 0.6 is 11.6 Å². The van der Waals surface area contributed by atoms with Crippen molar-refractivity contribution < 1.29 is 8.91 Å². The standard InChI is InChI=1S/C10H8ClFN2O/c1-5-2-9(12)6(3-8(5)11)7-4-14-15-10(7)13/h2-4H,13H2,1H3. The van der Waals surface area contributed by atoms with Crippen molar-refractivity contribution in [3.8, 4) is 11.1 Å². The van der Waals surface area contributed by atoms with Crippen LogP contribution in [0.25, 0.3) is 11.1 Å². The zero-order valence-corrected chi connectivity index (χ0v) is 8.68. The molecule has 0 bridgehead atoms. The number of hydrogen-bond acceptors (Lipinski definition) is 3. The van der Waals surface area contributed by atoms with Gasteiger partial charge in [0, 0.05) is 10.6 Å². The lowest BCUT2D eigenvalue weighted by Crippen LogP contribution is -1.90. The van der Waals surface area contributed by atoms with E-state index in [2.05, 4.69) is 9.68 Å². The Hall–Kier alpha value is -1.55. The molecular weight excluding hydrogens is 219 g/mol. The summed E-state index contributed by atoms with van der Waals surface area (Å²) in [6, 6.07) is 2.86. The maximum Gasteiger partial charge on any atom is 0.230 e. The van der Waals surface area contributed by atoms with E-state index in [9.17, 15) is 4.39 Å². The largest absolute Gasteiger partial charge is 0.367 e. The molecule has 15 heavy (non-hydrogen) atoms. The Morgan fingerprint density at radius 2 is 2.13 bits per heavy atom. The number of aromatic nitrogens is 1. The van der Waals surface area contributed by atoms with Crippen molar-refractivity contribution in [3.63, 3.8) is 0 Å². The molecule has 2 aromatic rings. The van der Waals surface area contributed by atoms with E-state index in [-0.39, 0.29) is 5.88 Å². The minimum atomic E-state index is -0.396. The summed E-state index contributed by atoms with van der Waals surface area (Å²) in [7, 11) is 0. The number of benzene rings is 1. The predicted octanol–water partition coefficient (Wildman–Crippen LogP) is 3.02. The van der Waals surface area contributed by atoms with Crippen molar-refractivity contribution in [2.75, 3.05) is 5.73 Å². The van der Waals surface area contributed by atoms with Crippen molar-refractivity contribution in [3.05, 3.63) is 34.7 Å². The van der Waals surface area contributed by atoms with E-state index in [0.29, 0.717) is 21.7 Å². The van der Waals surface area contributed by atoms with E-state index in [1.165, 1.54) is 18.3 Å². The number of halogens is 2. The molecule has 2 N–H and O–H groups in total. The zero-order valence-electron chi connectivity index (χ0n) is 7.92. The monoisotopic (exact) mass is 226 g/mol. The summed E-state index contributed by atoms with van der Waals surface area (Å²) >= 11 is 5.90. The summed E-state index contributed by atoms with van der Waals surface area (Å²) in [5.74, 6) is -0.319. The molecule has 0 aliphatic carbocycles. The Labute approximate surface area is 90.6 Å². The van der Waals surface area contributed by atoms with Crippen molar-refractivity contribution in [2.45, 2.75) is 6.92 Å². The summed E-state index contributed by atoms with van der Waals surface area (Å²) in [5, 5.41) is 3.96. The maximum atomic E-state index is 13.6. The Kier molecular flexibility index (Phi) is 2.36. The average Bonchev–Trinajstić information content (AvgIpc) is 2.58. The number of hydrogen-bond donors (Lipinski definition) is 1. The van der Waals surface area contributed by atoms with Crippen molar-refractivity contribution >= 4 is 17.5 Å².